The van der Waals surface area contributed by atoms with Gasteiger partial charge in [0.25, 0.3) is 5.91 Å². The number of sulfone groups is 1. The van der Waals surface area contributed by atoms with Crippen LogP contribution in [0.5, 0.6) is 5.75 Å². The first-order valence-electron chi connectivity index (χ1n) is 11.9. The summed E-state index contributed by atoms with van der Waals surface area (Å²) in [7, 11) is -4.13. The molecule has 2 aromatic rings. The smallest absolute Gasteiger partial charge is 0.254 e. The lowest BCUT2D eigenvalue weighted by atomic mass is 9.78. The van der Waals surface area contributed by atoms with Crippen LogP contribution in [-0.4, -0.2) is 50.6 Å². The number of phenols is 1. The maximum atomic E-state index is 13.3. The van der Waals surface area contributed by atoms with Crippen molar-refractivity contribution in [3.8, 4) is 11.8 Å². The SMILES string of the molecule is CC(C)(C)c1cc(C=C(C#N)S(=O)(=O)c2ccc(C(=O)N3CCOCC3)cc2)cc(C(C)(C)C)c1O. The fourth-order valence-electron chi connectivity index (χ4n) is 4.06. The maximum Gasteiger partial charge on any atom is 0.254 e. The van der Waals surface area contributed by atoms with E-state index in [-0.39, 0.29) is 16.6 Å². The van der Waals surface area contributed by atoms with Crippen LogP contribution in [0.15, 0.2) is 46.2 Å². The number of amides is 1. The summed E-state index contributed by atoms with van der Waals surface area (Å²) in [6, 6.07) is 10.9. The molecule has 0 aliphatic carbocycles. The number of carbonyl (C=O) groups is 1. The molecule has 0 unspecified atom stereocenters. The molecule has 1 aliphatic heterocycles. The topological polar surface area (TPSA) is 108 Å². The number of nitrogens with zero attached hydrogens (tertiary/aromatic N) is 2. The maximum absolute atomic E-state index is 13.3. The van der Waals surface area contributed by atoms with Crippen molar-refractivity contribution in [3.63, 3.8) is 0 Å². The zero-order valence-corrected chi connectivity index (χ0v) is 22.6. The van der Waals surface area contributed by atoms with Gasteiger partial charge in [0.1, 0.15) is 16.7 Å². The number of rotatable bonds is 4. The lowest BCUT2D eigenvalue weighted by Crippen LogP contribution is -2.40. The van der Waals surface area contributed by atoms with E-state index in [2.05, 4.69) is 0 Å². The zero-order valence-electron chi connectivity index (χ0n) is 21.8. The lowest BCUT2D eigenvalue weighted by Gasteiger charge is -2.28. The van der Waals surface area contributed by atoms with E-state index >= 15 is 0 Å². The second-order valence-corrected chi connectivity index (χ2v) is 12.9. The number of aromatic hydroxyl groups is 1. The minimum atomic E-state index is -4.13. The standard InChI is InChI=1S/C28H34N2O5S/c1-27(2,3)23-16-19(17-24(25(23)31)28(4,5)6)15-22(18-29)36(33,34)21-9-7-20(8-10-21)26(32)30-11-13-35-14-12-30/h7-10,15-17,31H,11-14H2,1-6H3. The molecule has 0 aromatic heterocycles. The Morgan fingerprint density at radius 1 is 1.00 bits per heavy atom. The molecule has 8 heteroatoms. The summed E-state index contributed by atoms with van der Waals surface area (Å²) in [5.41, 5.74) is 1.43. The average Bonchev–Trinajstić information content (AvgIpc) is 2.81. The van der Waals surface area contributed by atoms with Crippen LogP contribution < -0.4 is 0 Å². The van der Waals surface area contributed by atoms with Crippen LogP contribution in [0, 0.1) is 11.3 Å². The normalized spacial score (nSPS) is 15.5. The number of benzene rings is 2. The molecule has 0 spiro atoms. The molecule has 0 saturated carbocycles. The molecule has 3 rings (SSSR count). The number of hydrogen-bond donors (Lipinski definition) is 1. The molecule has 1 fully saturated rings. The predicted octanol–water partition coefficient (Wildman–Crippen LogP) is 4.80. The Balaban J connectivity index is 2.02. The van der Waals surface area contributed by atoms with Gasteiger partial charge in [-0.3, -0.25) is 4.79 Å². The number of carbonyl (C=O) groups excluding carboxylic acids is 1. The first-order valence-corrected chi connectivity index (χ1v) is 13.4. The van der Waals surface area contributed by atoms with Crippen LogP contribution in [0.1, 0.15) is 68.6 Å². The van der Waals surface area contributed by atoms with Crippen LogP contribution in [-0.2, 0) is 25.4 Å². The Morgan fingerprint density at radius 3 is 1.94 bits per heavy atom. The highest BCUT2D eigenvalue weighted by molar-refractivity contribution is 7.95. The van der Waals surface area contributed by atoms with E-state index in [9.17, 15) is 23.6 Å². The van der Waals surface area contributed by atoms with Crippen LogP contribution in [0.25, 0.3) is 6.08 Å². The average molecular weight is 511 g/mol. The Kier molecular flexibility index (Phi) is 7.68. The van der Waals surface area contributed by atoms with E-state index in [0.717, 1.165) is 0 Å². The van der Waals surface area contributed by atoms with Gasteiger partial charge in [-0.2, -0.15) is 5.26 Å². The van der Waals surface area contributed by atoms with Gasteiger partial charge >= 0.3 is 0 Å². The van der Waals surface area contributed by atoms with Crippen molar-refractivity contribution in [1.82, 2.24) is 4.90 Å². The number of phenolic OH excluding ortho intramolecular Hbond substituents is 1. The van der Waals surface area contributed by atoms with Gasteiger partial charge in [-0.1, -0.05) is 41.5 Å². The van der Waals surface area contributed by atoms with Crippen molar-refractivity contribution < 1.29 is 23.1 Å². The molecule has 2 aromatic carbocycles. The summed E-state index contributed by atoms with van der Waals surface area (Å²) in [6.45, 7) is 13.7. The molecule has 1 amide bonds. The summed E-state index contributed by atoms with van der Waals surface area (Å²) in [5, 5.41) is 20.7. The summed E-state index contributed by atoms with van der Waals surface area (Å²) >= 11 is 0. The minimum absolute atomic E-state index is 0.0697. The minimum Gasteiger partial charge on any atom is -0.507 e. The fourth-order valence-corrected chi connectivity index (χ4v) is 5.22. The highest BCUT2D eigenvalue weighted by Crippen LogP contribution is 2.40. The van der Waals surface area contributed by atoms with E-state index in [0.29, 0.717) is 48.6 Å². The Bertz CT molecular complexity index is 1280. The van der Waals surface area contributed by atoms with Crippen LogP contribution in [0.4, 0.5) is 0 Å². The number of hydrogen-bond acceptors (Lipinski definition) is 6. The van der Waals surface area contributed by atoms with Gasteiger partial charge in [0, 0.05) is 29.8 Å². The summed E-state index contributed by atoms with van der Waals surface area (Å²) < 4.78 is 31.9. The Hall–Kier alpha value is -3.15. The van der Waals surface area contributed by atoms with Gasteiger partial charge in [-0.15, -0.1) is 0 Å². The predicted molar refractivity (Wildman–Crippen MR) is 139 cm³/mol. The number of allylic oxidation sites excluding steroid dienone is 1. The quantitative estimate of drug-likeness (QED) is 0.592. The van der Waals surface area contributed by atoms with E-state index in [1.165, 1.54) is 30.3 Å². The summed E-state index contributed by atoms with van der Waals surface area (Å²) in [6.07, 6.45) is 1.34. The second kappa shape index (κ2) is 10.1. The van der Waals surface area contributed by atoms with Crippen LogP contribution >= 0.6 is 0 Å². The zero-order chi connectivity index (χ0) is 26.9. The van der Waals surface area contributed by atoms with Gasteiger partial charge in [0.15, 0.2) is 0 Å². The van der Waals surface area contributed by atoms with E-state index in [4.69, 9.17) is 4.74 Å². The second-order valence-electron chi connectivity index (χ2n) is 11.0. The Morgan fingerprint density at radius 2 is 1.50 bits per heavy atom. The fraction of sp³-hybridized carbons (Fsp3) is 0.429. The molecule has 1 aliphatic rings. The largest absolute Gasteiger partial charge is 0.507 e. The van der Waals surface area contributed by atoms with Crippen molar-refractivity contribution >= 4 is 21.8 Å². The first-order chi connectivity index (χ1) is 16.7. The monoisotopic (exact) mass is 510 g/mol. The van der Waals surface area contributed by atoms with E-state index in [1.807, 2.05) is 47.6 Å². The molecule has 0 bridgehead atoms. The number of nitriles is 1. The van der Waals surface area contributed by atoms with Crippen LogP contribution in [0.2, 0.25) is 0 Å². The molecule has 0 atom stereocenters. The van der Waals surface area contributed by atoms with Gasteiger partial charge in [-0.05, 0) is 58.9 Å². The molecular formula is C28H34N2O5S. The highest BCUT2D eigenvalue weighted by atomic mass is 32.2. The molecule has 1 saturated heterocycles. The third kappa shape index (κ3) is 5.80. The molecule has 7 nitrogen and oxygen atoms in total. The molecule has 1 heterocycles. The number of morpholine rings is 1. The molecule has 36 heavy (non-hydrogen) atoms. The lowest BCUT2D eigenvalue weighted by molar-refractivity contribution is 0.0303. The van der Waals surface area contributed by atoms with Gasteiger partial charge in [-0.25, -0.2) is 8.42 Å². The van der Waals surface area contributed by atoms with Gasteiger partial charge < -0.3 is 14.7 Å². The van der Waals surface area contributed by atoms with Gasteiger partial charge in [0.2, 0.25) is 9.84 Å². The van der Waals surface area contributed by atoms with Crippen molar-refractivity contribution in [2.45, 2.75) is 57.3 Å². The molecular weight excluding hydrogens is 476 g/mol. The number of ether oxygens (including phenoxy) is 1. The molecule has 192 valence electrons. The third-order valence-corrected chi connectivity index (χ3v) is 7.84. The van der Waals surface area contributed by atoms with Gasteiger partial charge in [0.05, 0.1) is 18.1 Å². The summed E-state index contributed by atoms with van der Waals surface area (Å²) in [4.78, 5) is 13.9. The van der Waals surface area contributed by atoms with Crippen molar-refractivity contribution in [3.05, 3.63) is 63.6 Å². The van der Waals surface area contributed by atoms with E-state index in [1.54, 1.807) is 17.0 Å². The van der Waals surface area contributed by atoms with Crippen molar-refractivity contribution in [1.29, 1.82) is 5.26 Å². The first kappa shape index (κ1) is 27.4. The molecule has 0 radical (unpaired) electrons. The molecule has 1 N–H and O–H groups in total. The van der Waals surface area contributed by atoms with Crippen LogP contribution in [0.3, 0.4) is 0 Å². The van der Waals surface area contributed by atoms with E-state index < -0.39 is 25.6 Å². The summed E-state index contributed by atoms with van der Waals surface area (Å²) in [5.74, 6) is -0.0131. The van der Waals surface area contributed by atoms with Crippen molar-refractivity contribution in [2.24, 2.45) is 0 Å². The Labute approximate surface area is 213 Å². The van der Waals surface area contributed by atoms with Crippen molar-refractivity contribution in [2.75, 3.05) is 26.3 Å². The highest BCUT2D eigenvalue weighted by Gasteiger charge is 2.28. The third-order valence-electron chi connectivity index (χ3n) is 6.16.